The number of alkyl halides is 3. The number of pyridine rings is 1. The Bertz CT molecular complexity index is 1440. The normalized spacial score (nSPS) is 19.9. The first kappa shape index (κ1) is 28.3. The van der Waals surface area contributed by atoms with Crippen molar-refractivity contribution in [1.29, 1.82) is 0 Å². The van der Waals surface area contributed by atoms with Gasteiger partial charge < -0.3 is 10.2 Å². The van der Waals surface area contributed by atoms with Crippen LogP contribution in [-0.2, 0) is 22.7 Å². The van der Waals surface area contributed by atoms with E-state index < -0.39 is 37.7 Å². The minimum absolute atomic E-state index is 0.00324. The summed E-state index contributed by atoms with van der Waals surface area (Å²) in [5.74, 6) is 0.533. The smallest absolute Gasteiger partial charge is 0.363 e. The van der Waals surface area contributed by atoms with Gasteiger partial charge in [-0.3, -0.25) is 0 Å². The van der Waals surface area contributed by atoms with Crippen molar-refractivity contribution < 1.29 is 30.3 Å². The average Bonchev–Trinajstić information content (AvgIpc) is 3.48. The van der Waals surface area contributed by atoms with Crippen LogP contribution in [0.1, 0.15) is 30.9 Å². The minimum atomic E-state index is -4.45. The zero-order valence-corrected chi connectivity index (χ0v) is 23.3. The van der Waals surface area contributed by atoms with E-state index in [0.717, 1.165) is 23.5 Å². The molecule has 1 N–H and O–H groups in total. The van der Waals surface area contributed by atoms with Crippen molar-refractivity contribution in [2.24, 2.45) is 0 Å². The van der Waals surface area contributed by atoms with Gasteiger partial charge in [0.2, 0.25) is 0 Å². The SMILES string of the molecule is C[C@@H]1CCC[N+]1(C(=O)NCc1cc(-c2ccc(C(F)(F)F)cc2)nc(N(C)C)c1)S(=O)(=O)c1ccc(Cl)s1. The Kier molecular flexibility index (Phi) is 7.81. The Labute approximate surface area is 228 Å². The van der Waals surface area contributed by atoms with Gasteiger partial charge in [-0.25, -0.2) is 9.78 Å². The van der Waals surface area contributed by atoms with E-state index in [1.165, 1.54) is 24.3 Å². The maximum Gasteiger partial charge on any atom is 0.432 e. The van der Waals surface area contributed by atoms with Gasteiger partial charge in [-0.2, -0.15) is 21.6 Å². The van der Waals surface area contributed by atoms with Crippen molar-refractivity contribution in [3.8, 4) is 11.3 Å². The van der Waals surface area contributed by atoms with E-state index in [-0.39, 0.29) is 17.3 Å². The Morgan fingerprint density at radius 1 is 1.18 bits per heavy atom. The number of amides is 2. The first-order valence-corrected chi connectivity index (χ1v) is 14.4. The Hall–Kier alpha value is -2.67. The summed E-state index contributed by atoms with van der Waals surface area (Å²) in [5, 5.41) is 2.80. The molecule has 0 bridgehead atoms. The summed E-state index contributed by atoms with van der Waals surface area (Å²) in [6.07, 6.45) is -3.30. The Morgan fingerprint density at radius 3 is 2.39 bits per heavy atom. The fourth-order valence-corrected chi connectivity index (χ4v) is 8.40. The van der Waals surface area contributed by atoms with E-state index in [4.69, 9.17) is 11.6 Å². The summed E-state index contributed by atoms with van der Waals surface area (Å²) in [6.45, 7) is 1.89. The molecule has 1 unspecified atom stereocenters. The van der Waals surface area contributed by atoms with Gasteiger partial charge in [-0.15, -0.1) is 15.2 Å². The largest absolute Gasteiger partial charge is 0.432 e. The van der Waals surface area contributed by atoms with Gasteiger partial charge in [-0.05, 0) is 48.9 Å². The molecule has 2 aromatic heterocycles. The molecule has 3 heterocycles. The van der Waals surface area contributed by atoms with Gasteiger partial charge in [0.05, 0.1) is 15.6 Å². The van der Waals surface area contributed by atoms with E-state index in [1.807, 2.05) is 0 Å². The number of nitrogens with zero attached hydrogens (tertiary/aromatic N) is 3. The number of likely N-dealkylation sites (tertiary alicyclic amines) is 1. The molecular formula is C25H27ClF3N4O3S2+. The van der Waals surface area contributed by atoms with Crippen LogP contribution in [-0.4, -0.2) is 50.0 Å². The highest BCUT2D eigenvalue weighted by molar-refractivity contribution is 7.88. The molecule has 1 aromatic carbocycles. The molecule has 204 valence electrons. The van der Waals surface area contributed by atoms with E-state index in [0.29, 0.717) is 39.8 Å². The number of carbonyl (C=O) groups is 1. The molecule has 1 aliphatic rings. The van der Waals surface area contributed by atoms with Gasteiger partial charge in [0.15, 0.2) is 4.21 Å². The van der Waals surface area contributed by atoms with Crippen molar-refractivity contribution in [3.05, 3.63) is 64.0 Å². The molecule has 4 rings (SSSR count). The molecule has 1 saturated heterocycles. The number of quaternary nitrogens is 1. The summed E-state index contributed by atoms with van der Waals surface area (Å²) in [7, 11) is -0.534. The summed E-state index contributed by atoms with van der Waals surface area (Å²) >= 11 is 6.91. The number of hydrogen-bond donors (Lipinski definition) is 1. The van der Waals surface area contributed by atoms with E-state index in [2.05, 4.69) is 10.3 Å². The molecule has 13 heteroatoms. The van der Waals surface area contributed by atoms with Crippen molar-refractivity contribution in [2.45, 2.75) is 42.7 Å². The quantitative estimate of drug-likeness (QED) is 0.350. The van der Waals surface area contributed by atoms with Crippen molar-refractivity contribution in [3.63, 3.8) is 0 Å². The zero-order valence-electron chi connectivity index (χ0n) is 20.9. The number of thiophene rings is 1. The summed E-state index contributed by atoms with van der Waals surface area (Å²) in [5.41, 5.74) is 0.754. The molecule has 0 aliphatic carbocycles. The standard InChI is InChI=1S/C25H26ClF3N4O3S2/c1-16-5-4-12-33(16,38(35,36)23-11-10-21(26)37-23)24(34)30-15-17-13-20(31-22(14-17)32(2)3)18-6-8-19(9-7-18)25(27,28)29/h6-11,13-14,16H,4-5,12,15H2,1-3H3/p+1/t16-,33?/m1/s1. The number of benzene rings is 1. The van der Waals surface area contributed by atoms with Gasteiger partial charge in [0.1, 0.15) is 18.4 Å². The van der Waals surface area contributed by atoms with Crippen LogP contribution in [0.2, 0.25) is 4.34 Å². The van der Waals surface area contributed by atoms with Gasteiger partial charge in [0.25, 0.3) is 0 Å². The second-order valence-electron chi connectivity index (χ2n) is 9.39. The summed E-state index contributed by atoms with van der Waals surface area (Å²) in [6, 6.07) is 9.89. The van der Waals surface area contributed by atoms with Crippen LogP contribution in [0.3, 0.4) is 0 Å². The number of rotatable bonds is 6. The van der Waals surface area contributed by atoms with Crippen LogP contribution in [0.25, 0.3) is 11.3 Å². The van der Waals surface area contributed by atoms with Crippen molar-refractivity contribution in [1.82, 2.24) is 10.3 Å². The minimum Gasteiger partial charge on any atom is -0.363 e. The van der Waals surface area contributed by atoms with Crippen LogP contribution in [0, 0.1) is 0 Å². The Morgan fingerprint density at radius 2 is 1.87 bits per heavy atom. The molecule has 0 spiro atoms. The maximum atomic E-state index is 13.7. The lowest BCUT2D eigenvalue weighted by Crippen LogP contribution is -2.62. The fraction of sp³-hybridized carbons (Fsp3) is 0.360. The third kappa shape index (κ3) is 5.27. The van der Waals surface area contributed by atoms with Crippen molar-refractivity contribution in [2.75, 3.05) is 25.5 Å². The van der Waals surface area contributed by atoms with Crippen molar-refractivity contribution >= 4 is 44.8 Å². The zero-order chi connectivity index (χ0) is 27.9. The predicted octanol–water partition coefficient (Wildman–Crippen LogP) is 6.15. The number of nitrogens with one attached hydrogen (secondary N) is 1. The fourth-order valence-electron chi connectivity index (χ4n) is 4.61. The number of sulfonamides is 1. The number of halogens is 4. The number of aromatic nitrogens is 1. The molecule has 7 nitrogen and oxygen atoms in total. The lowest BCUT2D eigenvalue weighted by Gasteiger charge is -2.33. The van der Waals surface area contributed by atoms with Gasteiger partial charge in [0, 0.05) is 39.0 Å². The van der Waals surface area contributed by atoms with Gasteiger partial charge >= 0.3 is 22.2 Å². The third-order valence-corrected chi connectivity index (χ3v) is 10.8. The first-order chi connectivity index (χ1) is 17.8. The monoisotopic (exact) mass is 587 g/mol. The molecule has 1 aliphatic heterocycles. The second-order valence-corrected chi connectivity index (χ2v) is 13.4. The van der Waals surface area contributed by atoms with Crippen LogP contribution >= 0.6 is 22.9 Å². The highest BCUT2D eigenvalue weighted by Gasteiger charge is 2.57. The molecule has 0 radical (unpaired) electrons. The van der Waals surface area contributed by atoms with Gasteiger partial charge in [-0.1, -0.05) is 23.7 Å². The molecule has 38 heavy (non-hydrogen) atoms. The number of anilines is 1. The van der Waals surface area contributed by atoms with E-state index in [9.17, 15) is 26.4 Å². The molecule has 2 amide bonds. The van der Waals surface area contributed by atoms with Crippen LogP contribution in [0.5, 0.6) is 0 Å². The second kappa shape index (κ2) is 10.5. The number of carbonyl (C=O) groups excluding carboxylic acids is 1. The molecule has 0 saturated carbocycles. The summed E-state index contributed by atoms with van der Waals surface area (Å²) in [4.78, 5) is 19.9. The number of hydrogen-bond acceptors (Lipinski definition) is 6. The van der Waals surface area contributed by atoms with E-state index in [1.54, 1.807) is 38.1 Å². The third-order valence-electron chi connectivity index (χ3n) is 6.68. The average molecular weight is 588 g/mol. The molecule has 3 aromatic rings. The predicted molar refractivity (Wildman–Crippen MR) is 142 cm³/mol. The van der Waals surface area contributed by atoms with Crippen LogP contribution in [0.15, 0.2) is 52.7 Å². The molecule has 2 atom stereocenters. The molecular weight excluding hydrogens is 561 g/mol. The first-order valence-electron chi connectivity index (χ1n) is 11.8. The summed E-state index contributed by atoms with van der Waals surface area (Å²) < 4.78 is 66.0. The molecule has 1 fully saturated rings. The van der Waals surface area contributed by atoms with Crippen LogP contribution in [0.4, 0.5) is 23.8 Å². The number of urea groups is 1. The maximum absolute atomic E-state index is 13.7. The highest BCUT2D eigenvalue weighted by Crippen LogP contribution is 2.39. The topological polar surface area (TPSA) is 79.4 Å². The highest BCUT2D eigenvalue weighted by atomic mass is 35.5. The lowest BCUT2D eigenvalue weighted by molar-refractivity contribution is -0.733. The van der Waals surface area contributed by atoms with E-state index >= 15 is 0 Å². The lowest BCUT2D eigenvalue weighted by atomic mass is 10.1. The van der Waals surface area contributed by atoms with Crippen LogP contribution < -0.4 is 10.2 Å². The Balaban J connectivity index is 1.64.